The van der Waals surface area contributed by atoms with Gasteiger partial charge in [-0.15, -0.1) is 0 Å². The van der Waals surface area contributed by atoms with Crippen molar-refractivity contribution in [3.63, 3.8) is 0 Å². The number of anilines is 1. The normalized spacial score (nSPS) is 20.6. The van der Waals surface area contributed by atoms with Gasteiger partial charge in [-0.1, -0.05) is 6.07 Å². The summed E-state index contributed by atoms with van der Waals surface area (Å²) in [7, 11) is 3.66. The van der Waals surface area contributed by atoms with Crippen LogP contribution in [0.1, 0.15) is 37.3 Å². The second-order valence-electron chi connectivity index (χ2n) is 6.38. The molecule has 3 rings (SSSR count). The lowest BCUT2D eigenvalue weighted by Gasteiger charge is -2.31. The Hall–Kier alpha value is -1.88. The molecule has 5 nitrogen and oxygen atoms in total. The van der Waals surface area contributed by atoms with Crippen molar-refractivity contribution in [1.82, 2.24) is 15.0 Å². The average molecular weight is 347 g/mol. The zero-order valence-electron chi connectivity index (χ0n) is 14.2. The molecule has 24 heavy (non-hydrogen) atoms. The van der Waals surface area contributed by atoms with Crippen LogP contribution in [-0.2, 0) is 0 Å². The lowest BCUT2D eigenvalue weighted by Crippen LogP contribution is -2.29. The van der Waals surface area contributed by atoms with Crippen molar-refractivity contribution in [2.45, 2.75) is 31.6 Å². The van der Waals surface area contributed by atoms with Gasteiger partial charge in [0.1, 0.15) is 0 Å². The first-order valence-electron chi connectivity index (χ1n) is 8.36. The highest BCUT2D eigenvalue weighted by molar-refractivity contribution is 6.28. The molecule has 0 aliphatic heterocycles. The summed E-state index contributed by atoms with van der Waals surface area (Å²) in [6, 6.07) is 6.20. The number of rotatable bonds is 5. The van der Waals surface area contributed by atoms with Crippen molar-refractivity contribution in [3.8, 4) is 5.75 Å². The van der Waals surface area contributed by atoms with Crippen LogP contribution in [0.4, 0.5) is 5.82 Å². The van der Waals surface area contributed by atoms with E-state index in [9.17, 15) is 0 Å². The molecule has 6 heteroatoms. The molecular formula is C18H23ClN4O. The van der Waals surface area contributed by atoms with E-state index in [1.807, 2.05) is 19.3 Å². The maximum absolute atomic E-state index is 5.94. The number of hydrogen-bond acceptors (Lipinski definition) is 5. The van der Waals surface area contributed by atoms with E-state index in [0.29, 0.717) is 17.6 Å². The largest absolute Gasteiger partial charge is 0.491 e. The van der Waals surface area contributed by atoms with Gasteiger partial charge < -0.3 is 9.64 Å². The average Bonchev–Trinajstić information content (AvgIpc) is 2.63. The van der Waals surface area contributed by atoms with Gasteiger partial charge in [-0.05, 0) is 55.3 Å². The van der Waals surface area contributed by atoms with Crippen LogP contribution in [-0.4, -0.2) is 35.7 Å². The molecule has 0 amide bonds. The fourth-order valence-electron chi connectivity index (χ4n) is 3.49. The molecular weight excluding hydrogens is 324 g/mol. The fourth-order valence-corrected chi connectivity index (χ4v) is 3.62. The second kappa shape index (κ2) is 7.79. The fraction of sp³-hybridized carbons (Fsp3) is 0.500. The van der Waals surface area contributed by atoms with Gasteiger partial charge in [0.25, 0.3) is 0 Å². The number of halogens is 1. The maximum Gasteiger partial charge on any atom is 0.224 e. The molecule has 2 aromatic rings. The van der Waals surface area contributed by atoms with E-state index in [0.717, 1.165) is 12.4 Å². The molecule has 0 N–H and O–H groups in total. The topological polar surface area (TPSA) is 51.1 Å². The van der Waals surface area contributed by atoms with Crippen LogP contribution in [0.5, 0.6) is 5.75 Å². The van der Waals surface area contributed by atoms with Crippen LogP contribution in [0, 0.1) is 5.92 Å². The molecule has 1 aliphatic rings. The van der Waals surface area contributed by atoms with Gasteiger partial charge in [0.15, 0.2) is 11.6 Å². The number of aromatic nitrogens is 3. The van der Waals surface area contributed by atoms with Crippen LogP contribution >= 0.6 is 11.6 Å². The molecule has 1 saturated carbocycles. The Bertz CT molecular complexity index is 659. The van der Waals surface area contributed by atoms with Crippen molar-refractivity contribution >= 4 is 17.4 Å². The van der Waals surface area contributed by atoms with Crippen LogP contribution in [0.2, 0.25) is 5.28 Å². The monoisotopic (exact) mass is 346 g/mol. The summed E-state index contributed by atoms with van der Waals surface area (Å²) in [5.41, 5.74) is 1.23. The quantitative estimate of drug-likeness (QED) is 0.767. The third-order valence-electron chi connectivity index (χ3n) is 4.77. The van der Waals surface area contributed by atoms with E-state index in [1.54, 1.807) is 13.3 Å². The minimum absolute atomic E-state index is 0.247. The molecule has 0 saturated heterocycles. The van der Waals surface area contributed by atoms with Gasteiger partial charge in [-0.3, -0.25) is 4.98 Å². The molecule has 0 atom stereocenters. The first kappa shape index (κ1) is 17.0. The Morgan fingerprint density at radius 3 is 2.67 bits per heavy atom. The Morgan fingerprint density at radius 1 is 1.21 bits per heavy atom. The third kappa shape index (κ3) is 3.96. The number of methoxy groups -OCH3 is 1. The lowest BCUT2D eigenvalue weighted by atomic mass is 9.80. The number of ether oxygens (including phenoxy) is 1. The maximum atomic E-state index is 5.94. The number of pyridine rings is 1. The van der Waals surface area contributed by atoms with E-state index >= 15 is 0 Å². The van der Waals surface area contributed by atoms with Crippen molar-refractivity contribution in [2.75, 3.05) is 25.6 Å². The molecule has 2 aromatic heterocycles. The summed E-state index contributed by atoms with van der Waals surface area (Å²) in [4.78, 5) is 14.9. The number of nitrogens with zero attached hydrogens (tertiary/aromatic N) is 4. The highest BCUT2D eigenvalue weighted by Gasteiger charge is 2.25. The van der Waals surface area contributed by atoms with Crippen molar-refractivity contribution in [1.29, 1.82) is 0 Å². The zero-order chi connectivity index (χ0) is 16.9. The van der Waals surface area contributed by atoms with E-state index in [2.05, 4.69) is 32.0 Å². The molecule has 0 unspecified atom stereocenters. The highest BCUT2D eigenvalue weighted by atomic mass is 35.5. The Balaban J connectivity index is 1.59. The first-order valence-corrected chi connectivity index (χ1v) is 8.73. The summed E-state index contributed by atoms with van der Waals surface area (Å²) in [5.74, 6) is 2.65. The summed E-state index contributed by atoms with van der Waals surface area (Å²) in [5, 5.41) is 0.247. The summed E-state index contributed by atoms with van der Waals surface area (Å²) in [6.45, 7) is 0.943. The second-order valence-corrected chi connectivity index (χ2v) is 6.72. The van der Waals surface area contributed by atoms with Gasteiger partial charge in [-0.25, -0.2) is 4.98 Å². The molecule has 2 heterocycles. The SMILES string of the molecule is COc1cnc(Cl)nc1N(C)CC1CCC(c2ccccn2)CC1. The third-order valence-corrected chi connectivity index (χ3v) is 4.96. The van der Waals surface area contributed by atoms with E-state index in [4.69, 9.17) is 16.3 Å². The zero-order valence-corrected chi connectivity index (χ0v) is 14.9. The van der Waals surface area contributed by atoms with Crippen LogP contribution in [0.15, 0.2) is 30.6 Å². The summed E-state index contributed by atoms with van der Waals surface area (Å²) in [6.07, 6.45) is 8.30. The van der Waals surface area contributed by atoms with Crippen molar-refractivity contribution in [2.24, 2.45) is 5.92 Å². The molecule has 128 valence electrons. The van der Waals surface area contributed by atoms with Crippen molar-refractivity contribution in [3.05, 3.63) is 41.6 Å². The molecule has 1 fully saturated rings. The van der Waals surface area contributed by atoms with E-state index in [-0.39, 0.29) is 5.28 Å². The lowest BCUT2D eigenvalue weighted by molar-refractivity contribution is 0.325. The number of hydrogen-bond donors (Lipinski definition) is 0. The summed E-state index contributed by atoms with van der Waals surface area (Å²) >= 11 is 5.94. The highest BCUT2D eigenvalue weighted by Crippen LogP contribution is 2.36. The molecule has 0 bridgehead atoms. The van der Waals surface area contributed by atoms with E-state index in [1.165, 1.54) is 31.4 Å². The van der Waals surface area contributed by atoms with Gasteiger partial charge >= 0.3 is 0 Å². The van der Waals surface area contributed by atoms with Crippen LogP contribution in [0.3, 0.4) is 0 Å². The molecule has 0 aromatic carbocycles. The smallest absolute Gasteiger partial charge is 0.224 e. The summed E-state index contributed by atoms with van der Waals surface area (Å²) < 4.78 is 5.35. The van der Waals surface area contributed by atoms with Gasteiger partial charge in [-0.2, -0.15) is 4.98 Å². The van der Waals surface area contributed by atoms with Gasteiger partial charge in [0.05, 0.1) is 13.3 Å². The predicted molar refractivity (Wildman–Crippen MR) is 95.8 cm³/mol. The van der Waals surface area contributed by atoms with Gasteiger partial charge in [0, 0.05) is 31.4 Å². The molecule has 1 aliphatic carbocycles. The molecule has 0 radical (unpaired) electrons. The predicted octanol–water partition coefficient (Wildman–Crippen LogP) is 3.94. The van der Waals surface area contributed by atoms with Crippen LogP contribution < -0.4 is 9.64 Å². The van der Waals surface area contributed by atoms with Crippen LogP contribution in [0.25, 0.3) is 0 Å². The molecule has 0 spiro atoms. The first-order chi connectivity index (χ1) is 11.7. The minimum atomic E-state index is 0.247. The minimum Gasteiger partial charge on any atom is -0.491 e. The Kier molecular flexibility index (Phi) is 5.51. The van der Waals surface area contributed by atoms with E-state index < -0.39 is 0 Å². The Labute approximate surface area is 148 Å². The van der Waals surface area contributed by atoms with Crippen molar-refractivity contribution < 1.29 is 4.74 Å². The van der Waals surface area contributed by atoms with Gasteiger partial charge in [0.2, 0.25) is 5.28 Å². The standard InChI is InChI=1S/C18H23ClN4O/c1-23(17-16(24-2)11-21-18(19)22-17)12-13-6-8-14(9-7-13)15-5-3-4-10-20-15/h3-5,10-11,13-14H,6-9,12H2,1-2H3. The Morgan fingerprint density at radius 2 is 2.00 bits per heavy atom.